The number of carbonyl (C=O) groups is 1. The molecule has 1 aromatic carbocycles. The summed E-state index contributed by atoms with van der Waals surface area (Å²) in [6.45, 7) is 0. The van der Waals surface area contributed by atoms with Crippen molar-refractivity contribution in [3.63, 3.8) is 0 Å². The van der Waals surface area contributed by atoms with Gasteiger partial charge in [-0.15, -0.1) is 11.3 Å². The van der Waals surface area contributed by atoms with Crippen LogP contribution in [0.4, 0.5) is 10.8 Å². The number of rotatable bonds is 5. The molecule has 0 fully saturated rings. The first-order valence-corrected chi connectivity index (χ1v) is 7.37. The number of nitrogens with zero attached hydrogens (tertiary/aromatic N) is 2. The molecule has 3 rings (SSSR count). The lowest BCUT2D eigenvalue weighted by Crippen LogP contribution is -1.98. The van der Waals surface area contributed by atoms with Crippen LogP contribution < -0.4 is 5.32 Å². The zero-order chi connectivity index (χ0) is 14.7. The van der Waals surface area contributed by atoms with Crippen LogP contribution in [0.3, 0.4) is 0 Å². The molecule has 0 amide bonds. The summed E-state index contributed by atoms with van der Waals surface area (Å²) in [5.41, 5.74) is 2.66. The summed E-state index contributed by atoms with van der Waals surface area (Å²) in [5, 5.41) is 15.6. The summed E-state index contributed by atoms with van der Waals surface area (Å²) in [6.07, 6.45) is 2.31. The maximum atomic E-state index is 10.6. The maximum Gasteiger partial charge on any atom is 0.303 e. The van der Waals surface area contributed by atoms with Gasteiger partial charge in [-0.2, -0.15) is 0 Å². The minimum Gasteiger partial charge on any atom is -0.481 e. The summed E-state index contributed by atoms with van der Waals surface area (Å²) in [5.74, 6) is -0.808. The molecule has 0 saturated heterocycles. The fourth-order valence-electron chi connectivity index (χ4n) is 2.04. The van der Waals surface area contributed by atoms with Crippen LogP contribution in [0.25, 0.3) is 10.9 Å². The highest BCUT2D eigenvalue weighted by atomic mass is 32.1. The molecule has 0 bridgehead atoms. The Labute approximate surface area is 125 Å². The molecule has 0 aliphatic heterocycles. The lowest BCUT2D eigenvalue weighted by Gasteiger charge is -2.06. The van der Waals surface area contributed by atoms with E-state index in [0.717, 1.165) is 27.4 Å². The number of thiazole rings is 1. The predicted molar refractivity (Wildman–Crippen MR) is 83.1 cm³/mol. The second-order valence-corrected chi connectivity index (χ2v) is 5.40. The van der Waals surface area contributed by atoms with Gasteiger partial charge < -0.3 is 10.4 Å². The Morgan fingerprint density at radius 2 is 2.19 bits per heavy atom. The number of aromatic nitrogens is 2. The van der Waals surface area contributed by atoms with Crippen molar-refractivity contribution >= 4 is 39.0 Å². The Balaban J connectivity index is 1.81. The first kappa shape index (κ1) is 13.5. The van der Waals surface area contributed by atoms with Gasteiger partial charge in [-0.1, -0.05) is 6.07 Å². The van der Waals surface area contributed by atoms with Crippen LogP contribution in [0.15, 0.2) is 41.9 Å². The average Bonchev–Trinajstić information content (AvgIpc) is 2.93. The van der Waals surface area contributed by atoms with Gasteiger partial charge in [0.25, 0.3) is 0 Å². The average molecular weight is 299 g/mol. The van der Waals surface area contributed by atoms with E-state index < -0.39 is 5.97 Å². The van der Waals surface area contributed by atoms with Gasteiger partial charge in [0, 0.05) is 29.1 Å². The molecular weight excluding hydrogens is 286 g/mol. The van der Waals surface area contributed by atoms with E-state index in [2.05, 4.69) is 15.3 Å². The van der Waals surface area contributed by atoms with Crippen LogP contribution in [0.2, 0.25) is 0 Å². The van der Waals surface area contributed by atoms with Crippen molar-refractivity contribution in [1.82, 2.24) is 9.97 Å². The molecule has 0 atom stereocenters. The van der Waals surface area contributed by atoms with Crippen LogP contribution in [0.1, 0.15) is 12.1 Å². The lowest BCUT2D eigenvalue weighted by molar-refractivity contribution is -0.136. The van der Waals surface area contributed by atoms with E-state index in [4.69, 9.17) is 5.11 Å². The summed E-state index contributed by atoms with van der Waals surface area (Å²) in [6, 6.07) is 9.77. The monoisotopic (exact) mass is 299 g/mol. The number of pyridine rings is 1. The van der Waals surface area contributed by atoms with Gasteiger partial charge in [-0.05, 0) is 24.3 Å². The van der Waals surface area contributed by atoms with Gasteiger partial charge >= 0.3 is 5.97 Å². The van der Waals surface area contributed by atoms with Gasteiger partial charge in [0.1, 0.15) is 0 Å². The van der Waals surface area contributed by atoms with E-state index in [1.54, 1.807) is 6.20 Å². The van der Waals surface area contributed by atoms with E-state index in [1.165, 1.54) is 11.3 Å². The molecule has 106 valence electrons. The Morgan fingerprint density at radius 1 is 1.29 bits per heavy atom. The molecule has 0 aliphatic carbocycles. The summed E-state index contributed by atoms with van der Waals surface area (Å²) < 4.78 is 0. The normalized spacial score (nSPS) is 10.7. The zero-order valence-electron chi connectivity index (χ0n) is 11.1. The van der Waals surface area contributed by atoms with Crippen LogP contribution in [0, 0.1) is 0 Å². The lowest BCUT2D eigenvalue weighted by atomic mass is 10.2. The van der Waals surface area contributed by atoms with Crippen molar-refractivity contribution in [1.29, 1.82) is 0 Å². The number of nitrogens with one attached hydrogen (secondary N) is 1. The highest BCUT2D eigenvalue weighted by Crippen LogP contribution is 2.27. The number of aliphatic carboxylic acids is 1. The predicted octanol–water partition coefficient (Wildman–Crippen LogP) is 3.45. The van der Waals surface area contributed by atoms with Gasteiger partial charge in [0.05, 0.1) is 17.6 Å². The Morgan fingerprint density at radius 3 is 3.05 bits per heavy atom. The molecule has 0 unspecified atom stereocenters. The fourth-order valence-corrected chi connectivity index (χ4v) is 2.80. The van der Waals surface area contributed by atoms with Crippen molar-refractivity contribution < 1.29 is 9.90 Å². The quantitative estimate of drug-likeness (QED) is 0.754. The third-order valence-corrected chi connectivity index (χ3v) is 3.84. The van der Waals surface area contributed by atoms with Crippen LogP contribution in [0.5, 0.6) is 0 Å². The summed E-state index contributed by atoms with van der Waals surface area (Å²) in [4.78, 5) is 19.3. The Bertz CT molecular complexity index is 780. The molecule has 5 nitrogen and oxygen atoms in total. The molecule has 2 N–H and O–H groups in total. The van der Waals surface area contributed by atoms with Crippen LogP contribution >= 0.6 is 11.3 Å². The molecule has 0 aliphatic rings. The van der Waals surface area contributed by atoms with E-state index in [1.807, 2.05) is 35.7 Å². The second kappa shape index (κ2) is 5.88. The molecule has 2 heterocycles. The molecule has 0 spiro atoms. The standard InChI is InChI=1S/C15H13N3O2S/c19-14(20)7-6-10-9-21-15(17-10)18-13-5-1-4-12-11(13)3-2-8-16-12/h1-5,8-9H,6-7H2,(H,17,18)(H,19,20). The Kier molecular flexibility index (Phi) is 3.79. The van der Waals surface area contributed by atoms with Crippen LogP contribution in [-0.4, -0.2) is 21.0 Å². The highest BCUT2D eigenvalue weighted by molar-refractivity contribution is 7.13. The highest BCUT2D eigenvalue weighted by Gasteiger charge is 2.07. The third kappa shape index (κ3) is 3.17. The maximum absolute atomic E-state index is 10.6. The third-order valence-electron chi connectivity index (χ3n) is 3.03. The Hall–Kier alpha value is -2.47. The van der Waals surface area contributed by atoms with Gasteiger partial charge in [0.15, 0.2) is 5.13 Å². The van der Waals surface area contributed by atoms with E-state index in [9.17, 15) is 4.79 Å². The van der Waals surface area contributed by atoms with E-state index in [0.29, 0.717) is 6.42 Å². The van der Waals surface area contributed by atoms with Gasteiger partial charge in [-0.25, -0.2) is 4.98 Å². The summed E-state index contributed by atoms with van der Waals surface area (Å²) in [7, 11) is 0. The number of benzene rings is 1. The largest absolute Gasteiger partial charge is 0.481 e. The molecule has 0 radical (unpaired) electrons. The topological polar surface area (TPSA) is 75.1 Å². The number of fused-ring (bicyclic) bond motifs is 1. The smallest absolute Gasteiger partial charge is 0.303 e. The molecule has 2 aromatic heterocycles. The fraction of sp³-hybridized carbons (Fsp3) is 0.133. The number of carboxylic acid groups (broad SMARTS) is 1. The van der Waals surface area contributed by atoms with E-state index in [-0.39, 0.29) is 6.42 Å². The molecular formula is C15H13N3O2S. The molecule has 0 saturated carbocycles. The molecule has 21 heavy (non-hydrogen) atoms. The van der Waals surface area contributed by atoms with Crippen molar-refractivity contribution in [2.45, 2.75) is 12.8 Å². The minimum atomic E-state index is -0.808. The number of hydrogen-bond donors (Lipinski definition) is 2. The minimum absolute atomic E-state index is 0.0986. The van der Waals surface area contributed by atoms with E-state index >= 15 is 0 Å². The molecule has 6 heteroatoms. The number of anilines is 2. The zero-order valence-corrected chi connectivity index (χ0v) is 11.9. The van der Waals surface area contributed by atoms with Crippen LogP contribution in [-0.2, 0) is 11.2 Å². The summed E-state index contributed by atoms with van der Waals surface area (Å²) >= 11 is 1.47. The molecule has 3 aromatic rings. The second-order valence-electron chi connectivity index (χ2n) is 4.54. The first-order chi connectivity index (χ1) is 10.2. The SMILES string of the molecule is O=C(O)CCc1csc(Nc2cccc3ncccc23)n1. The number of carboxylic acids is 1. The van der Waals surface area contributed by atoms with Crippen molar-refractivity contribution in [3.05, 3.63) is 47.6 Å². The van der Waals surface area contributed by atoms with Gasteiger partial charge in [0.2, 0.25) is 0 Å². The first-order valence-electron chi connectivity index (χ1n) is 6.49. The number of hydrogen-bond acceptors (Lipinski definition) is 5. The number of aryl methyl sites for hydroxylation is 1. The van der Waals surface area contributed by atoms with Crippen molar-refractivity contribution in [3.8, 4) is 0 Å². The van der Waals surface area contributed by atoms with Crippen molar-refractivity contribution in [2.24, 2.45) is 0 Å². The van der Waals surface area contributed by atoms with Gasteiger partial charge in [-0.3, -0.25) is 9.78 Å². The van der Waals surface area contributed by atoms with Crippen molar-refractivity contribution in [2.75, 3.05) is 5.32 Å².